The Labute approximate surface area is 147 Å². The van der Waals surface area contributed by atoms with Crippen LogP contribution in [0.25, 0.3) is 0 Å². The summed E-state index contributed by atoms with van der Waals surface area (Å²) in [7, 11) is 0. The van der Waals surface area contributed by atoms with E-state index >= 15 is 0 Å². The molecule has 4 nitrogen and oxygen atoms in total. The van der Waals surface area contributed by atoms with Crippen molar-refractivity contribution in [1.29, 1.82) is 0 Å². The maximum Gasteiger partial charge on any atom is 0.418 e. The number of alkyl halides is 3. The van der Waals surface area contributed by atoms with E-state index < -0.39 is 23.1 Å². The van der Waals surface area contributed by atoms with Crippen LogP contribution in [-0.4, -0.2) is 11.4 Å². The average Bonchev–Trinajstić information content (AvgIpc) is 3.33. The highest BCUT2D eigenvalue weighted by Crippen LogP contribution is 2.36. The van der Waals surface area contributed by atoms with E-state index in [1.54, 1.807) is 24.3 Å². The van der Waals surface area contributed by atoms with Crippen molar-refractivity contribution in [1.82, 2.24) is 5.32 Å². The zero-order chi connectivity index (χ0) is 18.9. The molecule has 2 aromatic carbocycles. The Morgan fingerprint density at radius 1 is 1.12 bits per heavy atom. The van der Waals surface area contributed by atoms with Crippen LogP contribution in [0.15, 0.2) is 42.5 Å². The zero-order valence-corrected chi connectivity index (χ0v) is 13.7. The molecular weight excluding hydrogens is 350 g/mol. The Hall–Kier alpha value is -2.61. The third-order valence-corrected chi connectivity index (χ3v) is 4.21. The fraction of sp³-hybridized carbons (Fsp3) is 0.278. The first-order chi connectivity index (χ1) is 12.2. The first-order valence-corrected chi connectivity index (χ1v) is 7.97. The summed E-state index contributed by atoms with van der Waals surface area (Å²) in [6.45, 7) is 0.280. The van der Waals surface area contributed by atoms with Gasteiger partial charge in [0.05, 0.1) is 16.8 Å². The Morgan fingerprint density at radius 3 is 2.35 bits per heavy atom. The minimum absolute atomic E-state index is 0.208. The predicted molar refractivity (Wildman–Crippen MR) is 89.1 cm³/mol. The number of carbonyl (C=O) groups is 1. The van der Waals surface area contributed by atoms with Crippen LogP contribution in [0.4, 0.5) is 28.9 Å². The van der Waals surface area contributed by atoms with E-state index in [4.69, 9.17) is 5.73 Å². The summed E-state index contributed by atoms with van der Waals surface area (Å²) >= 11 is 0. The van der Waals surface area contributed by atoms with Crippen molar-refractivity contribution >= 4 is 17.3 Å². The lowest BCUT2D eigenvalue weighted by Crippen LogP contribution is -2.42. The Kier molecular flexibility index (Phi) is 4.62. The summed E-state index contributed by atoms with van der Waals surface area (Å²) in [4.78, 5) is 11.8. The van der Waals surface area contributed by atoms with Gasteiger partial charge >= 0.3 is 6.18 Å². The predicted octanol–water partition coefficient (Wildman–Crippen LogP) is 3.70. The van der Waals surface area contributed by atoms with Crippen LogP contribution >= 0.6 is 0 Å². The fourth-order valence-corrected chi connectivity index (χ4v) is 2.44. The van der Waals surface area contributed by atoms with E-state index in [1.807, 2.05) is 0 Å². The zero-order valence-electron chi connectivity index (χ0n) is 13.7. The van der Waals surface area contributed by atoms with Crippen molar-refractivity contribution in [2.45, 2.75) is 31.1 Å². The second-order valence-electron chi connectivity index (χ2n) is 6.35. The molecule has 4 N–H and O–H groups in total. The number of halogens is 4. The average molecular weight is 367 g/mol. The lowest BCUT2D eigenvalue weighted by molar-refractivity contribution is -0.137. The molecule has 1 aliphatic carbocycles. The number of nitrogens with two attached hydrogens (primary N) is 1. The Balaban J connectivity index is 1.67. The molecule has 26 heavy (non-hydrogen) atoms. The van der Waals surface area contributed by atoms with Crippen molar-refractivity contribution in [3.05, 3.63) is 59.4 Å². The summed E-state index contributed by atoms with van der Waals surface area (Å²) in [5, 5.41) is 5.37. The molecule has 1 fully saturated rings. The second kappa shape index (κ2) is 6.60. The van der Waals surface area contributed by atoms with Crippen molar-refractivity contribution in [2.24, 2.45) is 5.73 Å². The molecule has 0 bridgehead atoms. The first kappa shape index (κ1) is 18.2. The third kappa shape index (κ3) is 4.13. The monoisotopic (exact) mass is 367 g/mol. The van der Waals surface area contributed by atoms with Gasteiger partial charge in [0.15, 0.2) is 0 Å². The van der Waals surface area contributed by atoms with Crippen molar-refractivity contribution in [2.75, 3.05) is 5.32 Å². The lowest BCUT2D eigenvalue weighted by Gasteiger charge is -2.15. The van der Waals surface area contributed by atoms with Gasteiger partial charge in [-0.25, -0.2) is 4.39 Å². The minimum Gasteiger partial charge on any atom is -0.355 e. The number of amides is 1. The van der Waals surface area contributed by atoms with Crippen LogP contribution in [-0.2, 0) is 17.5 Å². The molecule has 0 spiro atoms. The second-order valence-corrected chi connectivity index (χ2v) is 6.35. The van der Waals surface area contributed by atoms with Gasteiger partial charge in [0.1, 0.15) is 5.82 Å². The number of nitrogens with one attached hydrogen (secondary N) is 2. The van der Waals surface area contributed by atoms with Crippen LogP contribution in [0.2, 0.25) is 0 Å². The molecule has 1 aliphatic rings. The van der Waals surface area contributed by atoms with Gasteiger partial charge in [-0.05, 0) is 48.7 Å². The summed E-state index contributed by atoms with van der Waals surface area (Å²) in [6.07, 6.45) is -3.34. The van der Waals surface area contributed by atoms with E-state index in [0.29, 0.717) is 24.6 Å². The largest absolute Gasteiger partial charge is 0.418 e. The molecule has 138 valence electrons. The quantitative estimate of drug-likeness (QED) is 0.706. The van der Waals surface area contributed by atoms with Gasteiger partial charge in [-0.1, -0.05) is 12.1 Å². The van der Waals surface area contributed by atoms with Gasteiger partial charge in [-0.3, -0.25) is 4.79 Å². The highest BCUT2D eigenvalue weighted by Gasteiger charge is 2.45. The molecule has 8 heteroatoms. The molecule has 0 aliphatic heterocycles. The molecule has 3 rings (SSSR count). The smallest absolute Gasteiger partial charge is 0.355 e. The molecular formula is C18H17F4N3O. The molecule has 0 saturated heterocycles. The highest BCUT2D eigenvalue weighted by molar-refractivity contribution is 5.88. The normalized spacial score (nSPS) is 15.4. The fourth-order valence-electron chi connectivity index (χ4n) is 2.44. The number of hydrogen-bond donors (Lipinski definition) is 3. The highest BCUT2D eigenvalue weighted by atomic mass is 19.4. The molecule has 0 radical (unpaired) electrons. The lowest BCUT2D eigenvalue weighted by atomic mass is 10.1. The maximum atomic E-state index is 13.1. The molecule has 2 aromatic rings. The molecule has 0 atom stereocenters. The van der Waals surface area contributed by atoms with Crippen LogP contribution in [0.5, 0.6) is 0 Å². The van der Waals surface area contributed by atoms with Gasteiger partial charge in [0.2, 0.25) is 5.91 Å². The standard InChI is InChI=1S/C18H17F4N3O/c19-12-3-6-15(14(9-12)18(20,21)22)25-13-4-1-11(2-5-13)10-24-16(26)17(23)7-8-17/h1-6,9,25H,7-8,10,23H2,(H,24,26). The van der Waals surface area contributed by atoms with Gasteiger partial charge in [-0.15, -0.1) is 0 Å². The summed E-state index contributed by atoms with van der Waals surface area (Å²) in [5.41, 5.74) is 4.91. The Bertz CT molecular complexity index is 814. The maximum absolute atomic E-state index is 13.1. The molecule has 0 aromatic heterocycles. The third-order valence-electron chi connectivity index (χ3n) is 4.21. The van der Waals surface area contributed by atoms with Gasteiger partial charge in [0.25, 0.3) is 0 Å². The van der Waals surface area contributed by atoms with E-state index in [0.717, 1.165) is 17.7 Å². The van der Waals surface area contributed by atoms with E-state index in [-0.39, 0.29) is 18.1 Å². The van der Waals surface area contributed by atoms with E-state index in [9.17, 15) is 22.4 Å². The first-order valence-electron chi connectivity index (χ1n) is 7.97. The number of rotatable bonds is 5. The van der Waals surface area contributed by atoms with E-state index in [2.05, 4.69) is 10.6 Å². The number of carbonyl (C=O) groups excluding carboxylic acids is 1. The van der Waals surface area contributed by atoms with Crippen LogP contribution in [0, 0.1) is 5.82 Å². The Morgan fingerprint density at radius 2 is 1.77 bits per heavy atom. The summed E-state index contributed by atoms with van der Waals surface area (Å²) in [6, 6.07) is 8.98. The number of hydrogen-bond acceptors (Lipinski definition) is 3. The molecule has 1 amide bonds. The van der Waals surface area contributed by atoms with Crippen LogP contribution < -0.4 is 16.4 Å². The van der Waals surface area contributed by atoms with Crippen LogP contribution in [0.3, 0.4) is 0 Å². The van der Waals surface area contributed by atoms with E-state index in [1.165, 1.54) is 0 Å². The topological polar surface area (TPSA) is 67.2 Å². The van der Waals surface area contributed by atoms with Gasteiger partial charge in [-0.2, -0.15) is 13.2 Å². The SMILES string of the molecule is NC1(C(=O)NCc2ccc(Nc3ccc(F)cc3C(F)(F)F)cc2)CC1. The van der Waals surface area contributed by atoms with Gasteiger partial charge < -0.3 is 16.4 Å². The molecule has 0 unspecified atom stereocenters. The summed E-state index contributed by atoms with van der Waals surface area (Å²) < 4.78 is 52.2. The van der Waals surface area contributed by atoms with Crippen molar-refractivity contribution in [3.8, 4) is 0 Å². The summed E-state index contributed by atoms with van der Waals surface area (Å²) in [5.74, 6) is -1.16. The number of benzene rings is 2. The van der Waals surface area contributed by atoms with Crippen molar-refractivity contribution in [3.63, 3.8) is 0 Å². The molecule has 0 heterocycles. The van der Waals surface area contributed by atoms with Gasteiger partial charge in [0, 0.05) is 12.2 Å². The minimum atomic E-state index is -4.67. The van der Waals surface area contributed by atoms with Crippen LogP contribution in [0.1, 0.15) is 24.0 Å². The number of anilines is 2. The van der Waals surface area contributed by atoms with Crippen molar-refractivity contribution < 1.29 is 22.4 Å². The molecule has 1 saturated carbocycles.